The molecule has 0 amide bonds. The number of carboxylic acids is 1. The first-order valence-corrected chi connectivity index (χ1v) is 6.74. The van der Waals surface area contributed by atoms with Crippen molar-refractivity contribution in [2.45, 2.75) is 38.5 Å². The monoisotopic (exact) mass is 320 g/mol. The lowest BCUT2D eigenvalue weighted by molar-refractivity contribution is -0.163. The first kappa shape index (κ1) is 18.2. The van der Waals surface area contributed by atoms with Crippen LogP contribution in [0.5, 0.6) is 0 Å². The summed E-state index contributed by atoms with van der Waals surface area (Å²) in [6.45, 7) is 3.46. The quantitative estimate of drug-likeness (QED) is 0.842. The molecular formula is C14H19F3N2O3. The van der Waals surface area contributed by atoms with E-state index in [-0.39, 0.29) is 17.9 Å². The number of carbonyl (C=O) groups is 1. The second-order valence-corrected chi connectivity index (χ2v) is 5.57. The molecule has 0 aliphatic rings. The third kappa shape index (κ3) is 4.87. The van der Waals surface area contributed by atoms with Gasteiger partial charge in [0.05, 0.1) is 0 Å². The largest absolute Gasteiger partial charge is 0.480 e. The molecule has 2 N–H and O–H groups in total. The van der Waals surface area contributed by atoms with Crippen LogP contribution in [0.15, 0.2) is 23.1 Å². The van der Waals surface area contributed by atoms with E-state index in [9.17, 15) is 22.8 Å². The molecule has 0 aliphatic heterocycles. The van der Waals surface area contributed by atoms with Crippen molar-refractivity contribution in [1.82, 2.24) is 9.88 Å². The van der Waals surface area contributed by atoms with Crippen LogP contribution in [0, 0.1) is 5.92 Å². The Bertz CT molecular complexity index is 581. The predicted octanol–water partition coefficient (Wildman–Crippen LogP) is 2.08. The third-order valence-electron chi connectivity index (χ3n) is 3.14. The Morgan fingerprint density at radius 2 is 1.95 bits per heavy atom. The van der Waals surface area contributed by atoms with Crippen LogP contribution in [-0.4, -0.2) is 27.9 Å². The molecule has 5 nitrogen and oxygen atoms in total. The van der Waals surface area contributed by atoms with Crippen molar-refractivity contribution >= 4 is 5.97 Å². The van der Waals surface area contributed by atoms with Crippen molar-refractivity contribution in [2.75, 3.05) is 0 Å². The van der Waals surface area contributed by atoms with Crippen LogP contribution in [0.25, 0.3) is 0 Å². The Morgan fingerprint density at radius 3 is 2.36 bits per heavy atom. The summed E-state index contributed by atoms with van der Waals surface area (Å²) in [4.78, 5) is 22.5. The first-order chi connectivity index (χ1) is 10.0. The molecule has 0 unspecified atom stereocenters. The fourth-order valence-corrected chi connectivity index (χ4v) is 2.08. The molecule has 0 bridgehead atoms. The van der Waals surface area contributed by atoms with Gasteiger partial charge in [0.2, 0.25) is 5.56 Å². The average Bonchev–Trinajstić information content (AvgIpc) is 2.35. The van der Waals surface area contributed by atoms with Crippen molar-refractivity contribution in [3.8, 4) is 0 Å². The van der Waals surface area contributed by atoms with E-state index < -0.39 is 29.8 Å². The highest BCUT2D eigenvalue weighted by molar-refractivity contribution is 5.73. The van der Waals surface area contributed by atoms with Crippen molar-refractivity contribution < 1.29 is 23.1 Å². The minimum atomic E-state index is -4.68. The standard InChI is InChI=1S/C14H19F3N2O3/c1-8(2)6-10(13(21)22)18-12(14(15,16)17)9-4-5-11(20)19(3)7-9/h4-5,7-8,10,12,18H,6H2,1-3H3,(H,21,22)/t10-,12-/m0/s1. The molecule has 0 aliphatic carbocycles. The smallest absolute Gasteiger partial charge is 0.407 e. The van der Waals surface area contributed by atoms with Gasteiger partial charge in [0.25, 0.3) is 0 Å². The summed E-state index contributed by atoms with van der Waals surface area (Å²) >= 11 is 0. The van der Waals surface area contributed by atoms with E-state index >= 15 is 0 Å². The topological polar surface area (TPSA) is 71.3 Å². The molecule has 0 saturated carbocycles. The van der Waals surface area contributed by atoms with Crippen LogP contribution in [0.1, 0.15) is 31.9 Å². The molecule has 1 aromatic rings. The molecule has 8 heteroatoms. The van der Waals surface area contributed by atoms with Gasteiger partial charge in [0.15, 0.2) is 0 Å². The minimum absolute atomic E-state index is 0.0632. The molecule has 0 fully saturated rings. The van der Waals surface area contributed by atoms with Crippen LogP contribution >= 0.6 is 0 Å². The zero-order valence-electron chi connectivity index (χ0n) is 12.5. The maximum absolute atomic E-state index is 13.3. The number of aryl methyl sites for hydroxylation is 1. The number of hydrogen-bond donors (Lipinski definition) is 2. The third-order valence-corrected chi connectivity index (χ3v) is 3.14. The van der Waals surface area contributed by atoms with Crippen molar-refractivity contribution in [1.29, 1.82) is 0 Å². The van der Waals surface area contributed by atoms with Gasteiger partial charge in [-0.05, 0) is 17.9 Å². The lowest BCUT2D eigenvalue weighted by Crippen LogP contribution is -2.45. The Balaban J connectivity index is 3.15. The number of aliphatic carboxylic acids is 1. The van der Waals surface area contributed by atoms with Gasteiger partial charge in [-0.1, -0.05) is 19.9 Å². The molecule has 1 heterocycles. The van der Waals surface area contributed by atoms with E-state index in [2.05, 4.69) is 5.32 Å². The summed E-state index contributed by atoms with van der Waals surface area (Å²) in [7, 11) is 1.34. The number of nitrogens with zero attached hydrogens (tertiary/aromatic N) is 1. The molecule has 0 spiro atoms. The lowest BCUT2D eigenvalue weighted by Gasteiger charge is -2.26. The highest BCUT2D eigenvalue weighted by Gasteiger charge is 2.43. The summed E-state index contributed by atoms with van der Waals surface area (Å²) in [6, 6.07) is -1.40. The van der Waals surface area contributed by atoms with Crippen LogP contribution in [0.2, 0.25) is 0 Å². The normalized spacial score (nSPS) is 14.9. The molecule has 0 radical (unpaired) electrons. The number of alkyl halides is 3. The number of carboxylic acid groups (broad SMARTS) is 1. The molecule has 0 aromatic carbocycles. The Labute approximate surface area is 125 Å². The van der Waals surface area contributed by atoms with Crippen molar-refractivity contribution in [3.05, 3.63) is 34.2 Å². The van der Waals surface area contributed by atoms with E-state index in [1.165, 1.54) is 7.05 Å². The van der Waals surface area contributed by atoms with Gasteiger partial charge in [-0.2, -0.15) is 13.2 Å². The number of nitrogens with one attached hydrogen (secondary N) is 1. The fourth-order valence-electron chi connectivity index (χ4n) is 2.08. The van der Waals surface area contributed by atoms with Crippen LogP contribution in [0.3, 0.4) is 0 Å². The highest BCUT2D eigenvalue weighted by Crippen LogP contribution is 2.33. The zero-order valence-corrected chi connectivity index (χ0v) is 12.5. The zero-order chi connectivity index (χ0) is 17.1. The molecule has 2 atom stereocenters. The summed E-state index contributed by atoms with van der Waals surface area (Å²) < 4.78 is 40.8. The van der Waals surface area contributed by atoms with E-state index in [1.54, 1.807) is 13.8 Å². The number of hydrogen-bond acceptors (Lipinski definition) is 3. The van der Waals surface area contributed by atoms with Gasteiger partial charge in [-0.3, -0.25) is 14.9 Å². The highest BCUT2D eigenvalue weighted by atomic mass is 19.4. The number of aromatic nitrogens is 1. The second-order valence-electron chi connectivity index (χ2n) is 5.57. The Kier molecular flexibility index (Phi) is 5.76. The molecule has 1 rings (SSSR count). The van der Waals surface area contributed by atoms with Crippen LogP contribution < -0.4 is 10.9 Å². The molecule has 124 valence electrons. The van der Waals surface area contributed by atoms with E-state index in [4.69, 9.17) is 5.11 Å². The maximum Gasteiger partial charge on any atom is 0.407 e. The fraction of sp³-hybridized carbons (Fsp3) is 0.571. The maximum atomic E-state index is 13.3. The second kappa shape index (κ2) is 6.95. The molecule has 1 aromatic heterocycles. The van der Waals surface area contributed by atoms with E-state index in [0.29, 0.717) is 0 Å². The summed E-state index contributed by atoms with van der Waals surface area (Å²) in [5.74, 6) is -1.42. The van der Waals surface area contributed by atoms with Crippen LogP contribution in [0.4, 0.5) is 13.2 Å². The molecule has 22 heavy (non-hydrogen) atoms. The summed E-state index contributed by atoms with van der Waals surface area (Å²) in [5, 5.41) is 11.2. The first-order valence-electron chi connectivity index (χ1n) is 6.74. The number of pyridine rings is 1. The summed E-state index contributed by atoms with van der Waals surface area (Å²) in [5.41, 5.74) is -0.647. The van der Waals surface area contributed by atoms with Crippen molar-refractivity contribution in [2.24, 2.45) is 13.0 Å². The van der Waals surface area contributed by atoms with Gasteiger partial charge in [-0.15, -0.1) is 0 Å². The molecule has 0 saturated heterocycles. The van der Waals surface area contributed by atoms with E-state index in [0.717, 1.165) is 22.9 Å². The average molecular weight is 320 g/mol. The number of rotatable bonds is 6. The SMILES string of the molecule is CC(C)C[C@H](N[C@@H](c1ccc(=O)n(C)c1)C(F)(F)F)C(=O)O. The minimum Gasteiger partial charge on any atom is -0.480 e. The predicted molar refractivity (Wildman–Crippen MR) is 74.5 cm³/mol. The van der Waals surface area contributed by atoms with Crippen molar-refractivity contribution in [3.63, 3.8) is 0 Å². The summed E-state index contributed by atoms with van der Waals surface area (Å²) in [6.07, 6.45) is -3.56. The van der Waals surface area contributed by atoms with Gasteiger partial charge in [-0.25, -0.2) is 0 Å². The lowest BCUT2D eigenvalue weighted by atomic mass is 10.0. The Hall–Kier alpha value is -1.83. The van der Waals surface area contributed by atoms with Crippen LogP contribution in [-0.2, 0) is 11.8 Å². The van der Waals surface area contributed by atoms with Gasteiger partial charge in [0.1, 0.15) is 12.1 Å². The van der Waals surface area contributed by atoms with E-state index in [1.807, 2.05) is 0 Å². The van der Waals surface area contributed by atoms with Gasteiger partial charge < -0.3 is 9.67 Å². The molecular weight excluding hydrogens is 301 g/mol. The van der Waals surface area contributed by atoms with Gasteiger partial charge in [0, 0.05) is 19.3 Å². The number of halogens is 3. The van der Waals surface area contributed by atoms with Gasteiger partial charge >= 0.3 is 12.1 Å². The Morgan fingerprint density at radius 1 is 1.36 bits per heavy atom.